The van der Waals surface area contributed by atoms with Crippen LogP contribution in [0.1, 0.15) is 41.9 Å². The van der Waals surface area contributed by atoms with Gasteiger partial charge in [-0.3, -0.25) is 19.0 Å². The molecule has 26 heavy (non-hydrogen) atoms. The van der Waals surface area contributed by atoms with Crippen molar-refractivity contribution in [3.63, 3.8) is 0 Å². The lowest BCUT2D eigenvalue weighted by Crippen LogP contribution is -2.52. The minimum atomic E-state index is -0.324. The highest BCUT2D eigenvalue weighted by atomic mass is 16.2. The first-order valence-electron chi connectivity index (χ1n) is 9.27. The molecule has 0 aromatic carbocycles. The van der Waals surface area contributed by atoms with E-state index in [0.717, 1.165) is 37.1 Å². The van der Waals surface area contributed by atoms with Crippen molar-refractivity contribution in [3.05, 3.63) is 35.9 Å². The van der Waals surface area contributed by atoms with Crippen molar-refractivity contribution in [1.29, 1.82) is 0 Å². The van der Waals surface area contributed by atoms with Gasteiger partial charge in [-0.1, -0.05) is 0 Å². The Kier molecular flexibility index (Phi) is 4.48. The lowest BCUT2D eigenvalue weighted by Gasteiger charge is -2.36. The van der Waals surface area contributed by atoms with Gasteiger partial charge in [-0.2, -0.15) is 10.2 Å². The third-order valence-electron chi connectivity index (χ3n) is 5.37. The topological polar surface area (TPSA) is 76.3 Å². The minimum absolute atomic E-state index is 0.0420. The normalized spacial score (nSPS) is 18.5. The van der Waals surface area contributed by atoms with E-state index in [1.807, 2.05) is 27.5 Å². The van der Waals surface area contributed by atoms with Crippen molar-refractivity contribution in [2.24, 2.45) is 0 Å². The van der Waals surface area contributed by atoms with E-state index in [4.69, 9.17) is 0 Å². The molecule has 0 bridgehead atoms. The summed E-state index contributed by atoms with van der Waals surface area (Å²) in [6.07, 6.45) is 8.33. The Morgan fingerprint density at radius 2 is 1.81 bits per heavy atom. The van der Waals surface area contributed by atoms with Crippen LogP contribution in [0.5, 0.6) is 0 Å². The number of aryl methyl sites for hydroxylation is 1. The van der Waals surface area contributed by atoms with E-state index in [-0.39, 0.29) is 17.9 Å². The average molecular weight is 356 g/mol. The number of nitrogens with zero attached hydrogens (tertiary/aromatic N) is 6. The second-order valence-corrected chi connectivity index (χ2v) is 6.96. The molecule has 0 saturated carbocycles. The van der Waals surface area contributed by atoms with Crippen LogP contribution in [0.3, 0.4) is 0 Å². The number of carbonyl (C=O) groups excluding carboxylic acids is 2. The smallest absolute Gasteiger partial charge is 0.257 e. The molecular weight excluding hydrogens is 332 g/mol. The molecule has 1 unspecified atom stereocenters. The minimum Gasteiger partial charge on any atom is -0.337 e. The second-order valence-electron chi connectivity index (χ2n) is 6.96. The predicted octanol–water partition coefficient (Wildman–Crippen LogP) is 0.961. The van der Waals surface area contributed by atoms with Crippen LogP contribution in [-0.2, 0) is 17.8 Å². The largest absolute Gasteiger partial charge is 0.337 e. The van der Waals surface area contributed by atoms with Crippen molar-refractivity contribution in [2.45, 2.75) is 38.8 Å². The van der Waals surface area contributed by atoms with Gasteiger partial charge in [-0.05, 0) is 32.3 Å². The van der Waals surface area contributed by atoms with Gasteiger partial charge in [0, 0.05) is 45.1 Å². The summed E-state index contributed by atoms with van der Waals surface area (Å²) in [5.41, 5.74) is 1.79. The van der Waals surface area contributed by atoms with Gasteiger partial charge in [-0.15, -0.1) is 0 Å². The third-order valence-corrected chi connectivity index (χ3v) is 5.37. The first kappa shape index (κ1) is 16.8. The van der Waals surface area contributed by atoms with Crippen LogP contribution in [-0.4, -0.2) is 67.4 Å². The number of aromatic nitrogens is 4. The number of amides is 2. The first-order chi connectivity index (χ1) is 12.6. The van der Waals surface area contributed by atoms with Crippen molar-refractivity contribution in [1.82, 2.24) is 29.4 Å². The maximum Gasteiger partial charge on any atom is 0.257 e. The summed E-state index contributed by atoms with van der Waals surface area (Å²) in [6, 6.07) is 1.49. The summed E-state index contributed by atoms with van der Waals surface area (Å²) in [4.78, 5) is 29.2. The van der Waals surface area contributed by atoms with E-state index < -0.39 is 0 Å². The highest BCUT2D eigenvalue weighted by Crippen LogP contribution is 2.20. The fourth-order valence-electron chi connectivity index (χ4n) is 3.79. The summed E-state index contributed by atoms with van der Waals surface area (Å²) in [5.74, 6) is 0.0871. The molecule has 2 aliphatic heterocycles. The molecule has 1 atom stereocenters. The van der Waals surface area contributed by atoms with Gasteiger partial charge >= 0.3 is 0 Å². The zero-order chi connectivity index (χ0) is 18.1. The number of carbonyl (C=O) groups is 2. The van der Waals surface area contributed by atoms with Gasteiger partial charge in [0.2, 0.25) is 5.91 Å². The number of hydrogen-bond donors (Lipinski definition) is 0. The van der Waals surface area contributed by atoms with Crippen LogP contribution >= 0.6 is 0 Å². The van der Waals surface area contributed by atoms with Crippen LogP contribution in [0, 0.1) is 0 Å². The highest BCUT2D eigenvalue weighted by Gasteiger charge is 2.30. The van der Waals surface area contributed by atoms with Crippen LogP contribution in [0.15, 0.2) is 24.7 Å². The molecule has 2 amide bonds. The zero-order valence-corrected chi connectivity index (χ0v) is 15.0. The summed E-state index contributed by atoms with van der Waals surface area (Å²) >= 11 is 0. The molecule has 0 radical (unpaired) electrons. The van der Waals surface area contributed by atoms with Gasteiger partial charge in [0.15, 0.2) is 0 Å². The first-order valence-corrected chi connectivity index (χ1v) is 9.27. The Bertz CT molecular complexity index is 789. The summed E-state index contributed by atoms with van der Waals surface area (Å²) in [6.45, 7) is 4.98. The maximum atomic E-state index is 12.9. The van der Waals surface area contributed by atoms with Crippen molar-refractivity contribution < 1.29 is 9.59 Å². The van der Waals surface area contributed by atoms with Crippen molar-refractivity contribution in [3.8, 4) is 0 Å². The Balaban J connectivity index is 1.38. The van der Waals surface area contributed by atoms with Crippen LogP contribution in [0.4, 0.5) is 0 Å². The molecule has 2 aliphatic rings. The third kappa shape index (κ3) is 3.00. The fourth-order valence-corrected chi connectivity index (χ4v) is 3.79. The van der Waals surface area contributed by atoms with E-state index in [2.05, 4.69) is 10.2 Å². The molecule has 4 heterocycles. The zero-order valence-electron chi connectivity index (χ0n) is 15.0. The lowest BCUT2D eigenvalue weighted by atomic mass is 10.1. The van der Waals surface area contributed by atoms with Crippen molar-refractivity contribution >= 4 is 11.8 Å². The van der Waals surface area contributed by atoms with Gasteiger partial charge in [0.1, 0.15) is 6.04 Å². The van der Waals surface area contributed by atoms with Crippen molar-refractivity contribution in [2.75, 3.05) is 26.2 Å². The van der Waals surface area contributed by atoms with E-state index in [0.29, 0.717) is 26.2 Å². The number of rotatable bonds is 3. The monoisotopic (exact) mass is 356 g/mol. The van der Waals surface area contributed by atoms with Gasteiger partial charge < -0.3 is 9.80 Å². The lowest BCUT2D eigenvalue weighted by molar-refractivity contribution is -0.136. The van der Waals surface area contributed by atoms with E-state index in [9.17, 15) is 9.59 Å². The van der Waals surface area contributed by atoms with Gasteiger partial charge in [0.05, 0.1) is 17.5 Å². The molecule has 0 spiro atoms. The SMILES string of the molecule is CC(C(=O)N1CCN(C(=O)c2cnn3c2CCCC3)CC1)n1cccn1. The van der Waals surface area contributed by atoms with Crippen LogP contribution in [0.25, 0.3) is 0 Å². The van der Waals surface area contributed by atoms with E-state index in [1.54, 1.807) is 23.3 Å². The molecule has 2 aromatic rings. The summed E-state index contributed by atoms with van der Waals surface area (Å²) in [5, 5.41) is 8.51. The molecule has 4 rings (SSSR count). The van der Waals surface area contributed by atoms with Crippen LogP contribution in [0.2, 0.25) is 0 Å². The molecule has 138 valence electrons. The molecule has 0 N–H and O–H groups in total. The quantitative estimate of drug-likeness (QED) is 0.821. The van der Waals surface area contributed by atoms with E-state index >= 15 is 0 Å². The average Bonchev–Trinajstić information content (AvgIpc) is 3.36. The molecule has 1 saturated heterocycles. The number of fused-ring (bicyclic) bond motifs is 1. The molecule has 8 nitrogen and oxygen atoms in total. The maximum absolute atomic E-state index is 12.9. The molecule has 0 aliphatic carbocycles. The van der Waals surface area contributed by atoms with Gasteiger partial charge in [-0.25, -0.2) is 0 Å². The number of hydrogen-bond acceptors (Lipinski definition) is 4. The van der Waals surface area contributed by atoms with Gasteiger partial charge in [0.25, 0.3) is 5.91 Å². The Morgan fingerprint density at radius 1 is 1.04 bits per heavy atom. The van der Waals surface area contributed by atoms with Crippen LogP contribution < -0.4 is 0 Å². The Morgan fingerprint density at radius 3 is 2.54 bits per heavy atom. The fraction of sp³-hybridized carbons (Fsp3) is 0.556. The predicted molar refractivity (Wildman–Crippen MR) is 94.6 cm³/mol. The Labute approximate surface area is 152 Å². The summed E-state index contributed by atoms with van der Waals surface area (Å²) < 4.78 is 3.63. The summed E-state index contributed by atoms with van der Waals surface area (Å²) in [7, 11) is 0. The van der Waals surface area contributed by atoms with E-state index in [1.165, 1.54) is 0 Å². The standard InChI is InChI=1S/C18H24N6O2/c1-14(23-8-4-6-19-23)17(25)21-9-11-22(12-10-21)18(26)15-13-20-24-7-3-2-5-16(15)24/h4,6,8,13-14H,2-3,5,7,9-12H2,1H3. The molecule has 8 heteroatoms. The molecular formula is C18H24N6O2. The Hall–Kier alpha value is -2.64. The second kappa shape index (κ2) is 6.93. The highest BCUT2D eigenvalue weighted by molar-refractivity contribution is 5.95. The molecule has 2 aromatic heterocycles. The number of piperazine rings is 1. The molecule has 1 fully saturated rings.